The van der Waals surface area contributed by atoms with Crippen molar-refractivity contribution in [1.82, 2.24) is 10.2 Å². The normalized spacial score (nSPS) is 12.1. The van der Waals surface area contributed by atoms with E-state index in [-0.39, 0.29) is 5.54 Å². The van der Waals surface area contributed by atoms with E-state index in [0.29, 0.717) is 0 Å². The molecule has 0 atom stereocenters. The molecule has 0 spiro atoms. The highest BCUT2D eigenvalue weighted by atomic mass is 79.9. The van der Waals surface area contributed by atoms with Crippen LogP contribution in [-0.2, 0) is 6.54 Å². The molecule has 2 nitrogen and oxygen atoms in total. The largest absolute Gasteiger partial charge is 0.318 e. The van der Waals surface area contributed by atoms with Crippen molar-refractivity contribution in [1.29, 1.82) is 0 Å². The summed E-state index contributed by atoms with van der Waals surface area (Å²) in [6.45, 7) is 6.46. The maximum atomic E-state index is 3.45. The first-order chi connectivity index (χ1) is 7.45. The maximum Gasteiger partial charge on any atom is 0.0278 e. The molecule has 0 radical (unpaired) electrons. The van der Waals surface area contributed by atoms with Crippen molar-refractivity contribution < 1.29 is 0 Å². The van der Waals surface area contributed by atoms with Crippen LogP contribution in [-0.4, -0.2) is 31.1 Å². The Bertz CT molecular complexity index is 319. The van der Waals surface area contributed by atoms with E-state index in [1.807, 2.05) is 7.05 Å². The minimum absolute atomic E-state index is 0.168. The molecule has 3 heteroatoms. The summed E-state index contributed by atoms with van der Waals surface area (Å²) >= 11 is 3.45. The third-order valence-corrected chi connectivity index (χ3v) is 3.50. The number of hydrogen-bond acceptors (Lipinski definition) is 2. The fourth-order valence-electron chi connectivity index (χ4n) is 1.65. The van der Waals surface area contributed by atoms with Crippen molar-refractivity contribution >= 4 is 15.9 Å². The summed E-state index contributed by atoms with van der Waals surface area (Å²) in [5, 5.41) is 3.23. The van der Waals surface area contributed by atoms with Crippen molar-refractivity contribution in [2.24, 2.45) is 0 Å². The van der Waals surface area contributed by atoms with E-state index in [0.717, 1.165) is 17.6 Å². The second-order valence-electron chi connectivity index (χ2n) is 4.83. The molecule has 0 aromatic heterocycles. The van der Waals surface area contributed by atoms with Crippen LogP contribution in [0.5, 0.6) is 0 Å². The van der Waals surface area contributed by atoms with Gasteiger partial charge in [-0.3, -0.25) is 4.90 Å². The highest BCUT2D eigenvalue weighted by Crippen LogP contribution is 2.16. The first kappa shape index (κ1) is 13.7. The smallest absolute Gasteiger partial charge is 0.0278 e. The fourth-order valence-corrected chi connectivity index (χ4v) is 1.91. The van der Waals surface area contributed by atoms with Gasteiger partial charge in [-0.15, -0.1) is 0 Å². The van der Waals surface area contributed by atoms with Gasteiger partial charge in [0, 0.05) is 23.1 Å². The van der Waals surface area contributed by atoms with Gasteiger partial charge in [0.1, 0.15) is 0 Å². The minimum Gasteiger partial charge on any atom is -0.318 e. The summed E-state index contributed by atoms with van der Waals surface area (Å²) in [6, 6.07) is 8.51. The number of nitrogens with one attached hydrogen (secondary N) is 1. The lowest BCUT2D eigenvalue weighted by Gasteiger charge is -2.35. The zero-order chi connectivity index (χ0) is 12.2. The van der Waals surface area contributed by atoms with E-state index < -0.39 is 0 Å². The van der Waals surface area contributed by atoms with E-state index in [9.17, 15) is 0 Å². The number of likely N-dealkylation sites (N-methyl/N-ethyl adjacent to an activating group) is 2. The van der Waals surface area contributed by atoms with Gasteiger partial charge in [-0.05, 0) is 45.6 Å². The van der Waals surface area contributed by atoms with Crippen LogP contribution in [0.2, 0.25) is 0 Å². The molecule has 90 valence electrons. The van der Waals surface area contributed by atoms with Crippen molar-refractivity contribution in [2.45, 2.75) is 25.9 Å². The Hall–Kier alpha value is -0.380. The lowest BCUT2D eigenvalue weighted by Crippen LogP contribution is -2.47. The van der Waals surface area contributed by atoms with Gasteiger partial charge in [0.2, 0.25) is 0 Å². The molecular formula is C13H21BrN2. The van der Waals surface area contributed by atoms with E-state index in [2.05, 4.69) is 71.3 Å². The van der Waals surface area contributed by atoms with Crippen LogP contribution >= 0.6 is 15.9 Å². The standard InChI is InChI=1S/C13H21BrN2/c1-13(2,10-15-3)16(4)9-11-5-7-12(14)8-6-11/h5-8,15H,9-10H2,1-4H3. The highest BCUT2D eigenvalue weighted by Gasteiger charge is 2.22. The molecular weight excluding hydrogens is 264 g/mol. The van der Waals surface area contributed by atoms with E-state index in [1.165, 1.54) is 5.56 Å². The van der Waals surface area contributed by atoms with Gasteiger partial charge in [0.15, 0.2) is 0 Å². The van der Waals surface area contributed by atoms with Crippen molar-refractivity contribution in [3.05, 3.63) is 34.3 Å². The van der Waals surface area contributed by atoms with Crippen molar-refractivity contribution in [3.8, 4) is 0 Å². The summed E-state index contributed by atoms with van der Waals surface area (Å²) in [5.41, 5.74) is 1.51. The Morgan fingerprint density at radius 2 is 1.81 bits per heavy atom. The monoisotopic (exact) mass is 284 g/mol. The summed E-state index contributed by atoms with van der Waals surface area (Å²) in [7, 11) is 4.16. The lowest BCUT2D eigenvalue weighted by atomic mass is 10.0. The second-order valence-corrected chi connectivity index (χ2v) is 5.74. The molecule has 16 heavy (non-hydrogen) atoms. The Morgan fingerprint density at radius 3 is 2.31 bits per heavy atom. The molecule has 0 aliphatic rings. The average Bonchev–Trinajstić information content (AvgIpc) is 2.21. The van der Waals surface area contributed by atoms with Crippen LogP contribution < -0.4 is 5.32 Å². The summed E-state index contributed by atoms with van der Waals surface area (Å²) < 4.78 is 1.13. The van der Waals surface area contributed by atoms with Crippen LogP contribution in [0.25, 0.3) is 0 Å². The minimum atomic E-state index is 0.168. The fraction of sp³-hybridized carbons (Fsp3) is 0.538. The highest BCUT2D eigenvalue weighted by molar-refractivity contribution is 9.10. The third kappa shape index (κ3) is 3.89. The van der Waals surface area contributed by atoms with Gasteiger partial charge in [-0.2, -0.15) is 0 Å². The average molecular weight is 285 g/mol. The molecule has 1 aromatic rings. The van der Waals surface area contributed by atoms with Gasteiger partial charge in [-0.1, -0.05) is 28.1 Å². The molecule has 0 heterocycles. The topological polar surface area (TPSA) is 15.3 Å². The number of halogens is 1. The molecule has 0 amide bonds. The van der Waals surface area contributed by atoms with Gasteiger partial charge in [-0.25, -0.2) is 0 Å². The molecule has 0 aliphatic carbocycles. The van der Waals surface area contributed by atoms with Gasteiger partial charge in [0.25, 0.3) is 0 Å². The number of benzene rings is 1. The van der Waals surface area contributed by atoms with Crippen LogP contribution in [0, 0.1) is 0 Å². The van der Waals surface area contributed by atoms with Crippen molar-refractivity contribution in [3.63, 3.8) is 0 Å². The zero-order valence-corrected chi connectivity index (χ0v) is 12.1. The molecule has 0 fully saturated rings. The van der Waals surface area contributed by atoms with Crippen molar-refractivity contribution in [2.75, 3.05) is 20.6 Å². The quantitative estimate of drug-likeness (QED) is 0.895. The molecule has 0 aliphatic heterocycles. The molecule has 1 rings (SSSR count). The lowest BCUT2D eigenvalue weighted by molar-refractivity contribution is 0.147. The van der Waals surface area contributed by atoms with Crippen LogP contribution in [0.1, 0.15) is 19.4 Å². The van der Waals surface area contributed by atoms with Gasteiger partial charge >= 0.3 is 0 Å². The predicted molar refractivity (Wildman–Crippen MR) is 73.6 cm³/mol. The second kappa shape index (κ2) is 5.80. The van der Waals surface area contributed by atoms with Crippen LogP contribution in [0.4, 0.5) is 0 Å². The maximum absolute atomic E-state index is 3.45. The Kier molecular flexibility index (Phi) is 4.96. The van der Waals surface area contributed by atoms with Crippen LogP contribution in [0.3, 0.4) is 0 Å². The van der Waals surface area contributed by atoms with E-state index in [1.54, 1.807) is 0 Å². The number of hydrogen-bond donors (Lipinski definition) is 1. The summed E-state index contributed by atoms with van der Waals surface area (Å²) in [4.78, 5) is 2.37. The number of rotatable bonds is 5. The van der Waals surface area contributed by atoms with Gasteiger partial charge < -0.3 is 5.32 Å². The summed E-state index contributed by atoms with van der Waals surface area (Å²) in [6.07, 6.45) is 0. The first-order valence-electron chi connectivity index (χ1n) is 5.56. The Morgan fingerprint density at radius 1 is 1.25 bits per heavy atom. The molecule has 0 unspecified atom stereocenters. The van der Waals surface area contributed by atoms with E-state index in [4.69, 9.17) is 0 Å². The molecule has 0 saturated heterocycles. The Balaban J connectivity index is 2.63. The predicted octanol–water partition coefficient (Wildman–Crippen LogP) is 2.88. The SMILES string of the molecule is CNCC(C)(C)N(C)Cc1ccc(Br)cc1. The number of nitrogens with zero attached hydrogens (tertiary/aromatic N) is 1. The molecule has 0 bridgehead atoms. The summed E-state index contributed by atoms with van der Waals surface area (Å²) in [5.74, 6) is 0. The first-order valence-corrected chi connectivity index (χ1v) is 6.35. The molecule has 0 saturated carbocycles. The molecule has 1 N–H and O–H groups in total. The van der Waals surface area contributed by atoms with Crippen LogP contribution in [0.15, 0.2) is 28.7 Å². The zero-order valence-electron chi connectivity index (χ0n) is 10.5. The Labute approximate surface area is 107 Å². The molecule has 1 aromatic carbocycles. The van der Waals surface area contributed by atoms with Gasteiger partial charge in [0.05, 0.1) is 0 Å². The third-order valence-electron chi connectivity index (χ3n) is 2.98. The van der Waals surface area contributed by atoms with E-state index >= 15 is 0 Å².